The van der Waals surface area contributed by atoms with Crippen LogP contribution in [-0.4, -0.2) is 18.8 Å². The molecular formula is C10H11NO2. The van der Waals surface area contributed by atoms with E-state index in [4.69, 9.17) is 10.00 Å². The molecule has 1 N–H and O–H groups in total. The molecule has 0 aliphatic rings. The lowest BCUT2D eigenvalue weighted by Gasteiger charge is -2.09. The highest BCUT2D eigenvalue weighted by atomic mass is 16.5. The number of nitriles is 1. The third kappa shape index (κ3) is 2.55. The van der Waals surface area contributed by atoms with Crippen molar-refractivity contribution < 1.29 is 9.84 Å². The minimum atomic E-state index is -0.654. The van der Waals surface area contributed by atoms with Crippen molar-refractivity contribution in [3.05, 3.63) is 35.4 Å². The number of hydrogen-bond acceptors (Lipinski definition) is 3. The highest BCUT2D eigenvalue weighted by Gasteiger charge is 2.06. The van der Waals surface area contributed by atoms with Gasteiger partial charge in [0.05, 0.1) is 18.2 Å². The number of aliphatic hydroxyl groups excluding tert-OH is 1. The van der Waals surface area contributed by atoms with Gasteiger partial charge in [0.1, 0.15) is 6.10 Å². The normalized spacial score (nSPS) is 12.1. The number of nitrogens with zero attached hydrogens (tertiary/aromatic N) is 1. The van der Waals surface area contributed by atoms with Gasteiger partial charge in [0.15, 0.2) is 0 Å². The van der Waals surface area contributed by atoms with Crippen molar-refractivity contribution in [2.24, 2.45) is 0 Å². The monoisotopic (exact) mass is 177 g/mol. The van der Waals surface area contributed by atoms with Crippen molar-refractivity contribution in [1.29, 1.82) is 5.26 Å². The van der Waals surface area contributed by atoms with E-state index in [0.717, 1.165) is 0 Å². The van der Waals surface area contributed by atoms with E-state index in [1.807, 2.05) is 6.07 Å². The number of rotatable bonds is 3. The van der Waals surface area contributed by atoms with Gasteiger partial charge in [0, 0.05) is 7.11 Å². The van der Waals surface area contributed by atoms with Crippen molar-refractivity contribution >= 4 is 0 Å². The maximum absolute atomic E-state index is 9.51. The molecule has 1 unspecified atom stereocenters. The average Bonchev–Trinajstić information content (AvgIpc) is 2.18. The van der Waals surface area contributed by atoms with Crippen molar-refractivity contribution in [1.82, 2.24) is 0 Å². The molecule has 0 radical (unpaired) electrons. The second-order valence-corrected chi connectivity index (χ2v) is 2.71. The molecule has 1 rings (SSSR count). The first-order valence-electron chi connectivity index (χ1n) is 3.95. The number of benzene rings is 1. The van der Waals surface area contributed by atoms with Gasteiger partial charge in [0.2, 0.25) is 0 Å². The number of ether oxygens (including phenoxy) is 1. The maximum Gasteiger partial charge on any atom is 0.102 e. The minimum Gasteiger partial charge on any atom is -0.386 e. The first kappa shape index (κ1) is 9.72. The Hall–Kier alpha value is -1.37. The molecule has 68 valence electrons. The highest BCUT2D eigenvalue weighted by Crippen LogP contribution is 2.13. The standard InChI is InChI=1S/C10H11NO2/c1-13-7-10(12)9-4-2-3-8(5-9)6-11/h2-5,10,12H,7H2,1H3. The Morgan fingerprint density at radius 3 is 3.00 bits per heavy atom. The van der Waals surface area contributed by atoms with Gasteiger partial charge in [-0.2, -0.15) is 5.26 Å². The molecule has 0 bridgehead atoms. The number of hydrogen-bond donors (Lipinski definition) is 1. The van der Waals surface area contributed by atoms with Gasteiger partial charge in [-0.1, -0.05) is 12.1 Å². The molecule has 1 aromatic rings. The fourth-order valence-electron chi connectivity index (χ4n) is 1.07. The van der Waals surface area contributed by atoms with Crippen LogP contribution < -0.4 is 0 Å². The Morgan fingerprint density at radius 2 is 2.38 bits per heavy atom. The smallest absolute Gasteiger partial charge is 0.102 e. The molecule has 0 aliphatic heterocycles. The van der Waals surface area contributed by atoms with E-state index in [9.17, 15) is 5.11 Å². The molecule has 0 aromatic heterocycles. The summed E-state index contributed by atoms with van der Waals surface area (Å²) in [5.41, 5.74) is 1.26. The molecule has 1 aromatic carbocycles. The predicted molar refractivity (Wildman–Crippen MR) is 48.0 cm³/mol. The maximum atomic E-state index is 9.51. The van der Waals surface area contributed by atoms with Crippen LogP contribution in [0, 0.1) is 11.3 Å². The molecule has 13 heavy (non-hydrogen) atoms. The third-order valence-electron chi connectivity index (χ3n) is 1.73. The summed E-state index contributed by atoms with van der Waals surface area (Å²) in [5, 5.41) is 18.1. The molecule has 0 saturated carbocycles. The average molecular weight is 177 g/mol. The third-order valence-corrected chi connectivity index (χ3v) is 1.73. The highest BCUT2D eigenvalue weighted by molar-refractivity contribution is 5.33. The summed E-state index contributed by atoms with van der Waals surface area (Å²) >= 11 is 0. The van der Waals surface area contributed by atoms with Crippen molar-refractivity contribution in [2.75, 3.05) is 13.7 Å². The van der Waals surface area contributed by atoms with Gasteiger partial charge in [-0.05, 0) is 17.7 Å². The minimum absolute atomic E-state index is 0.245. The van der Waals surface area contributed by atoms with Gasteiger partial charge in [-0.25, -0.2) is 0 Å². The summed E-state index contributed by atoms with van der Waals surface area (Å²) in [6.07, 6.45) is -0.654. The molecule has 0 spiro atoms. The van der Waals surface area contributed by atoms with E-state index in [2.05, 4.69) is 0 Å². The fraction of sp³-hybridized carbons (Fsp3) is 0.300. The lowest BCUT2D eigenvalue weighted by atomic mass is 10.1. The molecule has 0 heterocycles. The molecule has 0 fully saturated rings. The van der Waals surface area contributed by atoms with Crippen LogP contribution in [0.3, 0.4) is 0 Å². The van der Waals surface area contributed by atoms with E-state index in [0.29, 0.717) is 11.1 Å². The molecule has 0 amide bonds. The Bertz CT molecular complexity index is 317. The summed E-state index contributed by atoms with van der Waals surface area (Å²) in [6.45, 7) is 0.245. The zero-order chi connectivity index (χ0) is 9.68. The van der Waals surface area contributed by atoms with Gasteiger partial charge in [-0.3, -0.25) is 0 Å². The first-order chi connectivity index (χ1) is 6.27. The van der Waals surface area contributed by atoms with Gasteiger partial charge in [-0.15, -0.1) is 0 Å². The van der Waals surface area contributed by atoms with Crippen LogP contribution in [0.25, 0.3) is 0 Å². The predicted octanol–water partition coefficient (Wildman–Crippen LogP) is 1.24. The van der Waals surface area contributed by atoms with E-state index in [-0.39, 0.29) is 6.61 Å². The summed E-state index contributed by atoms with van der Waals surface area (Å²) in [6, 6.07) is 8.88. The van der Waals surface area contributed by atoms with E-state index in [1.165, 1.54) is 7.11 Å². The summed E-state index contributed by atoms with van der Waals surface area (Å²) in [4.78, 5) is 0. The molecular weight excluding hydrogens is 166 g/mol. The van der Waals surface area contributed by atoms with Crippen LogP contribution in [0.4, 0.5) is 0 Å². The molecule has 1 atom stereocenters. The molecule has 0 aliphatic carbocycles. The van der Waals surface area contributed by atoms with E-state index < -0.39 is 6.10 Å². The zero-order valence-corrected chi connectivity index (χ0v) is 7.40. The van der Waals surface area contributed by atoms with Crippen molar-refractivity contribution in [2.45, 2.75) is 6.10 Å². The largest absolute Gasteiger partial charge is 0.386 e. The second kappa shape index (κ2) is 4.61. The topological polar surface area (TPSA) is 53.2 Å². The van der Waals surface area contributed by atoms with Crippen LogP contribution in [-0.2, 0) is 4.74 Å². The molecule has 0 saturated heterocycles. The molecule has 3 nitrogen and oxygen atoms in total. The van der Waals surface area contributed by atoms with Crippen LogP contribution >= 0.6 is 0 Å². The van der Waals surface area contributed by atoms with Crippen molar-refractivity contribution in [3.8, 4) is 6.07 Å². The van der Waals surface area contributed by atoms with Crippen LogP contribution in [0.2, 0.25) is 0 Å². The first-order valence-corrected chi connectivity index (χ1v) is 3.95. The van der Waals surface area contributed by atoms with Crippen molar-refractivity contribution in [3.63, 3.8) is 0 Å². The molecule has 3 heteroatoms. The van der Waals surface area contributed by atoms with Gasteiger partial charge in [0.25, 0.3) is 0 Å². The lowest BCUT2D eigenvalue weighted by molar-refractivity contribution is 0.0644. The fourth-order valence-corrected chi connectivity index (χ4v) is 1.07. The second-order valence-electron chi connectivity index (χ2n) is 2.71. The summed E-state index contributed by atoms with van der Waals surface area (Å²) < 4.78 is 4.80. The summed E-state index contributed by atoms with van der Waals surface area (Å²) in [7, 11) is 1.53. The van der Waals surface area contributed by atoms with Crippen LogP contribution in [0.15, 0.2) is 24.3 Å². The Labute approximate surface area is 77.2 Å². The number of aliphatic hydroxyl groups is 1. The summed E-state index contributed by atoms with van der Waals surface area (Å²) in [5.74, 6) is 0. The Kier molecular flexibility index (Phi) is 3.44. The van der Waals surface area contributed by atoms with Gasteiger partial charge < -0.3 is 9.84 Å². The Balaban J connectivity index is 2.83. The van der Waals surface area contributed by atoms with E-state index >= 15 is 0 Å². The zero-order valence-electron chi connectivity index (χ0n) is 7.40. The van der Waals surface area contributed by atoms with Gasteiger partial charge >= 0.3 is 0 Å². The SMILES string of the molecule is COCC(O)c1cccc(C#N)c1. The Morgan fingerprint density at radius 1 is 1.62 bits per heavy atom. The van der Waals surface area contributed by atoms with Crippen LogP contribution in [0.1, 0.15) is 17.2 Å². The quantitative estimate of drug-likeness (QED) is 0.755. The van der Waals surface area contributed by atoms with Crippen LogP contribution in [0.5, 0.6) is 0 Å². The van der Waals surface area contributed by atoms with E-state index in [1.54, 1.807) is 24.3 Å². The lowest BCUT2D eigenvalue weighted by Crippen LogP contribution is -2.04. The number of methoxy groups -OCH3 is 1.